The lowest BCUT2D eigenvalue weighted by atomic mass is 9.94. The molecular formula is C16H19N5O2S. The smallest absolute Gasteiger partial charge is 0.257 e. The van der Waals surface area contributed by atoms with Crippen molar-refractivity contribution in [1.82, 2.24) is 24.6 Å². The molecule has 2 aromatic rings. The Kier molecular flexibility index (Phi) is 3.84. The second-order valence-electron chi connectivity index (χ2n) is 6.49. The van der Waals surface area contributed by atoms with Crippen LogP contribution >= 0.6 is 11.3 Å². The van der Waals surface area contributed by atoms with E-state index < -0.39 is 0 Å². The number of amides is 2. The highest BCUT2D eigenvalue weighted by atomic mass is 32.1. The quantitative estimate of drug-likeness (QED) is 0.836. The van der Waals surface area contributed by atoms with Crippen LogP contribution in [0.1, 0.15) is 28.9 Å². The van der Waals surface area contributed by atoms with Crippen LogP contribution < -0.4 is 0 Å². The molecule has 8 heteroatoms. The number of nitrogens with zero attached hydrogens (tertiary/aromatic N) is 5. The average Bonchev–Trinajstić information content (AvgIpc) is 3.15. The van der Waals surface area contributed by atoms with Crippen LogP contribution in [0.25, 0.3) is 0 Å². The Hall–Kier alpha value is -2.22. The molecule has 2 aromatic heterocycles. The Bertz CT molecular complexity index is 756. The van der Waals surface area contributed by atoms with Gasteiger partial charge in [-0.05, 0) is 12.8 Å². The van der Waals surface area contributed by atoms with Crippen molar-refractivity contribution < 1.29 is 9.59 Å². The summed E-state index contributed by atoms with van der Waals surface area (Å²) in [5.41, 5.74) is 3.29. The molecule has 0 unspecified atom stereocenters. The predicted molar refractivity (Wildman–Crippen MR) is 88.3 cm³/mol. The highest BCUT2D eigenvalue weighted by Gasteiger charge is 2.42. The van der Waals surface area contributed by atoms with Crippen molar-refractivity contribution in [2.45, 2.75) is 25.4 Å². The first kappa shape index (κ1) is 15.3. The van der Waals surface area contributed by atoms with Gasteiger partial charge >= 0.3 is 0 Å². The van der Waals surface area contributed by atoms with Crippen molar-refractivity contribution in [3.8, 4) is 0 Å². The molecule has 2 bridgehead atoms. The monoisotopic (exact) mass is 345 g/mol. The Morgan fingerprint density at radius 3 is 2.96 bits per heavy atom. The molecule has 0 aromatic carbocycles. The Balaban J connectivity index is 1.55. The summed E-state index contributed by atoms with van der Waals surface area (Å²) in [5.74, 6) is 0.00653. The molecule has 2 amide bonds. The van der Waals surface area contributed by atoms with Gasteiger partial charge in [0.25, 0.3) is 5.91 Å². The van der Waals surface area contributed by atoms with Crippen LogP contribution in [0, 0.1) is 5.92 Å². The van der Waals surface area contributed by atoms with E-state index in [1.54, 1.807) is 29.6 Å². The fraction of sp³-hybridized carbons (Fsp3) is 0.500. The summed E-state index contributed by atoms with van der Waals surface area (Å²) < 4.78 is 1.62. The highest BCUT2D eigenvalue weighted by molar-refractivity contribution is 7.07. The maximum atomic E-state index is 12.8. The number of rotatable bonds is 3. The molecule has 0 saturated carbocycles. The minimum Gasteiger partial charge on any atom is -0.336 e. The van der Waals surface area contributed by atoms with Crippen LogP contribution in [0.15, 0.2) is 23.3 Å². The maximum Gasteiger partial charge on any atom is 0.257 e. The summed E-state index contributed by atoms with van der Waals surface area (Å²) in [5, 5.41) is 6.05. The summed E-state index contributed by atoms with van der Waals surface area (Å²) in [6, 6.07) is 0.0681. The number of aryl methyl sites for hydroxylation is 1. The van der Waals surface area contributed by atoms with Crippen molar-refractivity contribution in [1.29, 1.82) is 0 Å². The van der Waals surface area contributed by atoms with Gasteiger partial charge in [0.15, 0.2) is 0 Å². The number of aromatic nitrogens is 3. The van der Waals surface area contributed by atoms with Gasteiger partial charge in [0.1, 0.15) is 0 Å². The third-order valence-electron chi connectivity index (χ3n) is 4.85. The molecule has 3 saturated heterocycles. The van der Waals surface area contributed by atoms with Gasteiger partial charge < -0.3 is 9.80 Å². The summed E-state index contributed by atoms with van der Waals surface area (Å²) in [7, 11) is 1.79. The molecule has 0 spiro atoms. The van der Waals surface area contributed by atoms with Crippen molar-refractivity contribution in [3.05, 3.63) is 34.5 Å². The Labute approximate surface area is 143 Å². The van der Waals surface area contributed by atoms with Gasteiger partial charge in [-0.15, -0.1) is 11.3 Å². The van der Waals surface area contributed by atoms with E-state index in [-0.39, 0.29) is 23.8 Å². The standard InChI is InChI=1S/C16H19N5O2S/c1-19-5-12(4-18-19)15(22)20-6-11-2-3-14(8-20)21(16(11)23)7-13-9-24-10-17-13/h4-5,9-11,14H,2-3,6-8H2,1H3/t11-,14+/m0/s1. The van der Waals surface area contributed by atoms with Crippen molar-refractivity contribution >= 4 is 23.2 Å². The van der Waals surface area contributed by atoms with Gasteiger partial charge in [0.05, 0.1) is 35.4 Å². The molecule has 0 aliphatic carbocycles. The fourth-order valence-corrected chi connectivity index (χ4v) is 4.17. The summed E-state index contributed by atoms with van der Waals surface area (Å²) in [6.45, 7) is 1.62. The number of hydrogen-bond donors (Lipinski definition) is 0. The van der Waals surface area contributed by atoms with E-state index in [4.69, 9.17) is 0 Å². The van der Waals surface area contributed by atoms with Crippen LogP contribution in [-0.2, 0) is 18.4 Å². The van der Waals surface area contributed by atoms with Gasteiger partial charge in [0, 0.05) is 37.8 Å². The Morgan fingerprint density at radius 1 is 1.38 bits per heavy atom. The van der Waals surface area contributed by atoms with E-state index in [1.165, 1.54) is 11.3 Å². The second kappa shape index (κ2) is 6.01. The average molecular weight is 345 g/mol. The molecule has 5 heterocycles. The van der Waals surface area contributed by atoms with E-state index in [1.807, 2.05) is 15.2 Å². The molecule has 126 valence electrons. The maximum absolute atomic E-state index is 12.8. The fourth-order valence-electron chi connectivity index (χ4n) is 3.62. The van der Waals surface area contributed by atoms with Crippen LogP contribution in [0.5, 0.6) is 0 Å². The minimum atomic E-state index is -0.108. The molecule has 5 rings (SSSR count). The third kappa shape index (κ3) is 2.71. The van der Waals surface area contributed by atoms with Gasteiger partial charge in [-0.1, -0.05) is 0 Å². The van der Waals surface area contributed by atoms with E-state index in [0.717, 1.165) is 18.5 Å². The lowest BCUT2D eigenvalue weighted by Gasteiger charge is -2.35. The summed E-state index contributed by atoms with van der Waals surface area (Å²) >= 11 is 1.54. The number of carbonyl (C=O) groups excluding carboxylic acids is 2. The normalized spacial score (nSPS) is 23.6. The number of fused-ring (bicyclic) bond motifs is 4. The van der Waals surface area contributed by atoms with E-state index in [9.17, 15) is 9.59 Å². The lowest BCUT2D eigenvalue weighted by Crippen LogP contribution is -2.47. The number of hydrogen-bond acceptors (Lipinski definition) is 5. The minimum absolute atomic E-state index is 0.0386. The molecular weight excluding hydrogens is 326 g/mol. The molecule has 3 aliphatic rings. The molecule has 24 heavy (non-hydrogen) atoms. The summed E-state index contributed by atoms with van der Waals surface area (Å²) in [6.07, 6.45) is 5.11. The van der Waals surface area contributed by atoms with E-state index >= 15 is 0 Å². The Morgan fingerprint density at radius 2 is 2.25 bits per heavy atom. The van der Waals surface area contributed by atoms with Crippen molar-refractivity contribution in [2.24, 2.45) is 13.0 Å². The number of piperidine rings is 1. The predicted octanol–water partition coefficient (Wildman–Crippen LogP) is 1.14. The zero-order valence-electron chi connectivity index (χ0n) is 13.5. The SMILES string of the molecule is Cn1cc(C(=O)N2C[C@@H]3CC[C@H](C2)N(Cc2cscn2)C3=O)cn1. The van der Waals surface area contributed by atoms with Gasteiger partial charge in [0.2, 0.25) is 5.91 Å². The molecule has 0 N–H and O–H groups in total. The first-order valence-corrected chi connectivity index (χ1v) is 9.01. The topological polar surface area (TPSA) is 71.3 Å². The van der Waals surface area contributed by atoms with Crippen molar-refractivity contribution in [3.63, 3.8) is 0 Å². The molecule has 0 radical (unpaired) electrons. The van der Waals surface area contributed by atoms with Gasteiger partial charge in [-0.3, -0.25) is 14.3 Å². The first-order chi connectivity index (χ1) is 11.6. The van der Waals surface area contributed by atoms with Crippen LogP contribution in [-0.4, -0.2) is 55.5 Å². The molecule has 3 aliphatic heterocycles. The van der Waals surface area contributed by atoms with Crippen LogP contribution in [0.4, 0.5) is 0 Å². The van der Waals surface area contributed by atoms with Crippen LogP contribution in [0.2, 0.25) is 0 Å². The van der Waals surface area contributed by atoms with Gasteiger partial charge in [-0.25, -0.2) is 4.98 Å². The highest BCUT2D eigenvalue weighted by Crippen LogP contribution is 2.31. The zero-order valence-corrected chi connectivity index (χ0v) is 14.3. The second-order valence-corrected chi connectivity index (χ2v) is 7.21. The third-order valence-corrected chi connectivity index (χ3v) is 5.48. The van der Waals surface area contributed by atoms with E-state index in [0.29, 0.717) is 25.2 Å². The lowest BCUT2D eigenvalue weighted by molar-refractivity contribution is -0.140. The number of thiazole rings is 1. The molecule has 2 atom stereocenters. The molecule has 7 nitrogen and oxygen atoms in total. The summed E-state index contributed by atoms with van der Waals surface area (Å²) in [4.78, 5) is 33.6. The first-order valence-electron chi connectivity index (χ1n) is 8.07. The van der Waals surface area contributed by atoms with Gasteiger partial charge in [-0.2, -0.15) is 5.10 Å². The molecule has 3 fully saturated rings. The zero-order chi connectivity index (χ0) is 16.7. The van der Waals surface area contributed by atoms with E-state index in [2.05, 4.69) is 10.1 Å². The van der Waals surface area contributed by atoms with Crippen molar-refractivity contribution in [2.75, 3.05) is 13.1 Å². The largest absolute Gasteiger partial charge is 0.336 e. The van der Waals surface area contributed by atoms with Crippen LogP contribution in [0.3, 0.4) is 0 Å². The number of carbonyl (C=O) groups is 2.